The molecule has 0 aromatic heterocycles. The molecule has 2 N–H and O–H groups in total. The van der Waals surface area contributed by atoms with Crippen molar-refractivity contribution in [2.24, 2.45) is 0 Å². The van der Waals surface area contributed by atoms with Crippen LogP contribution in [0.5, 0.6) is 5.75 Å². The first-order valence-electron chi connectivity index (χ1n) is 6.48. The van der Waals surface area contributed by atoms with Crippen LogP contribution in [0.2, 0.25) is 0 Å². The number of hydrogen-bond donors (Lipinski definition) is 1. The number of carbonyl (C=O) groups is 1. The molecule has 5 nitrogen and oxygen atoms in total. The van der Waals surface area contributed by atoms with Crippen LogP contribution >= 0.6 is 0 Å². The molecule has 1 aromatic rings. The van der Waals surface area contributed by atoms with E-state index in [1.54, 1.807) is 31.4 Å². The van der Waals surface area contributed by atoms with Gasteiger partial charge in [-0.2, -0.15) is 0 Å². The fraction of sp³-hybridized carbons (Fsp3) is 0.500. The van der Waals surface area contributed by atoms with E-state index in [1.165, 1.54) is 0 Å². The summed E-state index contributed by atoms with van der Waals surface area (Å²) in [5, 5.41) is 0. The Hall–Kier alpha value is -1.75. The second-order valence-corrected chi connectivity index (χ2v) is 4.65. The van der Waals surface area contributed by atoms with Gasteiger partial charge in [-0.05, 0) is 30.7 Å². The highest BCUT2D eigenvalue weighted by molar-refractivity contribution is 5.76. The first-order valence-corrected chi connectivity index (χ1v) is 6.48. The fourth-order valence-corrected chi connectivity index (χ4v) is 2.13. The van der Waals surface area contributed by atoms with E-state index in [0.29, 0.717) is 25.3 Å². The van der Waals surface area contributed by atoms with Crippen LogP contribution in [0.25, 0.3) is 0 Å². The van der Waals surface area contributed by atoms with Gasteiger partial charge in [0.05, 0.1) is 19.1 Å². The van der Waals surface area contributed by atoms with Crippen molar-refractivity contribution in [2.75, 3.05) is 32.5 Å². The van der Waals surface area contributed by atoms with Gasteiger partial charge in [0.25, 0.3) is 0 Å². The molecule has 1 saturated heterocycles. The third-order valence-corrected chi connectivity index (χ3v) is 3.30. The maximum Gasteiger partial charge on any atom is 0.226 e. The molecule has 2 rings (SSSR count). The Morgan fingerprint density at radius 3 is 2.79 bits per heavy atom. The Morgan fingerprint density at radius 1 is 1.42 bits per heavy atom. The number of likely N-dealkylation sites (tertiary alicyclic amines) is 1. The molecule has 1 amide bonds. The summed E-state index contributed by atoms with van der Waals surface area (Å²) in [6, 6.07) is 7.16. The zero-order chi connectivity index (χ0) is 13.7. The molecule has 1 atom stereocenters. The number of ether oxygens (including phenoxy) is 2. The second-order valence-electron chi connectivity index (χ2n) is 4.65. The Morgan fingerprint density at radius 2 is 2.16 bits per heavy atom. The van der Waals surface area contributed by atoms with Gasteiger partial charge in [0, 0.05) is 25.9 Å². The third-order valence-electron chi connectivity index (χ3n) is 3.30. The largest absolute Gasteiger partial charge is 0.493 e. The highest BCUT2D eigenvalue weighted by Crippen LogP contribution is 2.15. The van der Waals surface area contributed by atoms with Gasteiger partial charge in [-0.15, -0.1) is 0 Å². The maximum atomic E-state index is 11.9. The quantitative estimate of drug-likeness (QED) is 0.814. The van der Waals surface area contributed by atoms with E-state index < -0.39 is 0 Å². The summed E-state index contributed by atoms with van der Waals surface area (Å²) >= 11 is 0. The number of nitrogens with two attached hydrogens (primary N) is 1. The van der Waals surface area contributed by atoms with Crippen LogP contribution < -0.4 is 10.5 Å². The lowest BCUT2D eigenvalue weighted by atomic mass is 10.3. The van der Waals surface area contributed by atoms with Gasteiger partial charge in [0.1, 0.15) is 5.75 Å². The number of carbonyl (C=O) groups excluding carboxylic acids is 1. The van der Waals surface area contributed by atoms with Gasteiger partial charge in [0.15, 0.2) is 0 Å². The first-order chi connectivity index (χ1) is 9.19. The average Bonchev–Trinajstić information content (AvgIpc) is 2.90. The molecular weight excluding hydrogens is 244 g/mol. The first kappa shape index (κ1) is 13.7. The minimum absolute atomic E-state index is 0.120. The second kappa shape index (κ2) is 6.43. The fourth-order valence-electron chi connectivity index (χ4n) is 2.13. The molecule has 0 radical (unpaired) electrons. The number of nitrogen functional groups attached to an aromatic ring is 1. The molecule has 19 heavy (non-hydrogen) atoms. The van der Waals surface area contributed by atoms with E-state index >= 15 is 0 Å². The number of hydrogen-bond acceptors (Lipinski definition) is 4. The maximum absolute atomic E-state index is 11.9. The van der Waals surface area contributed by atoms with Crippen LogP contribution in [0.15, 0.2) is 24.3 Å². The Bertz CT molecular complexity index is 419. The predicted octanol–water partition coefficient (Wildman–Crippen LogP) is 1.28. The molecule has 1 aliphatic rings. The zero-order valence-electron chi connectivity index (χ0n) is 11.2. The van der Waals surface area contributed by atoms with Gasteiger partial charge in [-0.1, -0.05) is 0 Å². The van der Waals surface area contributed by atoms with Crippen LogP contribution in [0, 0.1) is 0 Å². The van der Waals surface area contributed by atoms with Crippen LogP contribution in [0.3, 0.4) is 0 Å². The van der Waals surface area contributed by atoms with Crippen molar-refractivity contribution in [1.29, 1.82) is 0 Å². The number of methoxy groups -OCH3 is 1. The number of benzene rings is 1. The SMILES string of the molecule is COC1CCN(C(=O)CCOc2ccc(N)cc2)C1. The van der Waals surface area contributed by atoms with Gasteiger partial charge >= 0.3 is 0 Å². The molecule has 1 aliphatic heterocycles. The highest BCUT2D eigenvalue weighted by atomic mass is 16.5. The molecule has 0 aliphatic carbocycles. The van der Waals surface area contributed by atoms with Crippen LogP contribution in [-0.2, 0) is 9.53 Å². The van der Waals surface area contributed by atoms with E-state index in [2.05, 4.69) is 0 Å². The lowest BCUT2D eigenvalue weighted by Gasteiger charge is -2.16. The Labute approximate surface area is 113 Å². The third kappa shape index (κ3) is 3.86. The van der Waals surface area contributed by atoms with Crippen LogP contribution in [0.4, 0.5) is 5.69 Å². The van der Waals surface area contributed by atoms with Gasteiger partial charge < -0.3 is 20.1 Å². The molecule has 0 spiro atoms. The smallest absolute Gasteiger partial charge is 0.226 e. The summed E-state index contributed by atoms with van der Waals surface area (Å²) in [5.41, 5.74) is 6.28. The summed E-state index contributed by atoms with van der Waals surface area (Å²) < 4.78 is 10.7. The van der Waals surface area contributed by atoms with E-state index in [-0.39, 0.29) is 12.0 Å². The summed E-state index contributed by atoms with van der Waals surface area (Å²) in [5.74, 6) is 0.855. The molecule has 1 fully saturated rings. The standard InChI is InChI=1S/C14H20N2O3/c1-18-13-6-8-16(10-13)14(17)7-9-19-12-4-2-11(15)3-5-12/h2-5,13H,6-10,15H2,1H3. The van der Waals surface area contributed by atoms with E-state index in [1.807, 2.05) is 4.90 Å². The van der Waals surface area contributed by atoms with E-state index in [9.17, 15) is 4.79 Å². The Kier molecular flexibility index (Phi) is 4.63. The van der Waals surface area contributed by atoms with Crippen LogP contribution in [0.1, 0.15) is 12.8 Å². The molecular formula is C14H20N2O3. The number of anilines is 1. The van der Waals surface area contributed by atoms with Gasteiger partial charge in [-0.3, -0.25) is 4.79 Å². The topological polar surface area (TPSA) is 64.8 Å². The minimum atomic E-state index is 0.120. The van der Waals surface area contributed by atoms with Crippen molar-refractivity contribution in [2.45, 2.75) is 18.9 Å². The van der Waals surface area contributed by atoms with Crippen molar-refractivity contribution < 1.29 is 14.3 Å². The number of rotatable bonds is 5. The summed E-state index contributed by atoms with van der Waals surface area (Å²) in [6.45, 7) is 1.85. The minimum Gasteiger partial charge on any atom is -0.493 e. The van der Waals surface area contributed by atoms with Crippen molar-refractivity contribution in [3.63, 3.8) is 0 Å². The van der Waals surface area contributed by atoms with Crippen molar-refractivity contribution in [1.82, 2.24) is 4.90 Å². The Balaban J connectivity index is 1.71. The molecule has 1 heterocycles. The molecule has 1 unspecified atom stereocenters. The highest BCUT2D eigenvalue weighted by Gasteiger charge is 2.25. The molecule has 5 heteroatoms. The molecule has 1 aromatic carbocycles. The van der Waals surface area contributed by atoms with Crippen LogP contribution in [-0.4, -0.2) is 43.7 Å². The molecule has 0 bridgehead atoms. The van der Waals surface area contributed by atoms with Crippen molar-refractivity contribution in [3.05, 3.63) is 24.3 Å². The zero-order valence-corrected chi connectivity index (χ0v) is 11.2. The molecule has 0 saturated carbocycles. The normalized spacial score (nSPS) is 18.6. The van der Waals surface area contributed by atoms with Crippen molar-refractivity contribution >= 4 is 11.6 Å². The summed E-state index contributed by atoms with van der Waals surface area (Å²) in [7, 11) is 1.68. The lowest BCUT2D eigenvalue weighted by Crippen LogP contribution is -2.30. The monoisotopic (exact) mass is 264 g/mol. The summed E-state index contributed by atoms with van der Waals surface area (Å²) in [6.07, 6.45) is 1.49. The summed E-state index contributed by atoms with van der Waals surface area (Å²) in [4.78, 5) is 13.8. The average molecular weight is 264 g/mol. The predicted molar refractivity (Wildman–Crippen MR) is 73.0 cm³/mol. The van der Waals surface area contributed by atoms with Gasteiger partial charge in [-0.25, -0.2) is 0 Å². The lowest BCUT2D eigenvalue weighted by molar-refractivity contribution is -0.131. The van der Waals surface area contributed by atoms with Gasteiger partial charge in [0.2, 0.25) is 5.91 Å². The van der Waals surface area contributed by atoms with E-state index in [4.69, 9.17) is 15.2 Å². The van der Waals surface area contributed by atoms with Crippen molar-refractivity contribution in [3.8, 4) is 5.75 Å². The number of nitrogens with zero attached hydrogens (tertiary/aromatic N) is 1. The number of amides is 1. The molecule has 104 valence electrons. The van der Waals surface area contributed by atoms with E-state index in [0.717, 1.165) is 18.7 Å².